The fraction of sp³-hybridized carbons (Fsp3) is 1.00. The molecule has 0 bridgehead atoms. The third-order valence-electron chi connectivity index (χ3n) is 2.91. The summed E-state index contributed by atoms with van der Waals surface area (Å²) >= 11 is 0. The molecule has 0 N–H and O–H groups in total. The molecule has 0 unspecified atom stereocenters. The first-order valence-corrected chi connectivity index (χ1v) is 4.71. The fourth-order valence-electron chi connectivity index (χ4n) is 2.25. The Kier molecular flexibility index (Phi) is 2.14. The van der Waals surface area contributed by atoms with Crippen molar-refractivity contribution >= 4 is 0 Å². The van der Waals surface area contributed by atoms with E-state index >= 15 is 0 Å². The second kappa shape index (κ2) is 3.11. The number of nitrogens with zero attached hydrogens (tertiary/aromatic N) is 1. The van der Waals surface area contributed by atoms with Crippen LogP contribution in [0.15, 0.2) is 0 Å². The molecule has 0 aliphatic carbocycles. The van der Waals surface area contributed by atoms with Crippen molar-refractivity contribution in [3.8, 4) is 0 Å². The highest BCUT2D eigenvalue weighted by Crippen LogP contribution is 2.22. The second-order valence-corrected chi connectivity index (χ2v) is 3.77. The van der Waals surface area contributed by atoms with Crippen molar-refractivity contribution in [2.45, 2.75) is 38.3 Å². The van der Waals surface area contributed by atoms with Crippen LogP contribution >= 0.6 is 0 Å². The van der Waals surface area contributed by atoms with Gasteiger partial charge in [0.25, 0.3) is 0 Å². The molecule has 0 aromatic heterocycles. The molecule has 2 fully saturated rings. The lowest BCUT2D eigenvalue weighted by Gasteiger charge is -2.43. The Hall–Kier alpha value is -0.0800. The first-order chi connectivity index (χ1) is 5.38. The lowest BCUT2D eigenvalue weighted by Crippen LogP contribution is -2.52. The predicted octanol–water partition coefficient (Wildman–Crippen LogP) is 1.26. The van der Waals surface area contributed by atoms with Crippen molar-refractivity contribution in [3.05, 3.63) is 0 Å². The zero-order valence-electron chi connectivity index (χ0n) is 7.25. The molecule has 0 aromatic carbocycles. The molecule has 2 atom stereocenters. The zero-order valence-corrected chi connectivity index (χ0v) is 7.25. The van der Waals surface area contributed by atoms with Gasteiger partial charge in [0, 0.05) is 12.1 Å². The van der Waals surface area contributed by atoms with E-state index in [4.69, 9.17) is 4.74 Å². The molecule has 0 amide bonds. The van der Waals surface area contributed by atoms with Crippen LogP contribution < -0.4 is 0 Å². The minimum absolute atomic E-state index is 0.661. The molecule has 0 spiro atoms. The van der Waals surface area contributed by atoms with Gasteiger partial charge in [-0.1, -0.05) is 6.42 Å². The van der Waals surface area contributed by atoms with E-state index in [1.807, 2.05) is 0 Å². The average molecular weight is 155 g/mol. The van der Waals surface area contributed by atoms with Gasteiger partial charge in [-0.15, -0.1) is 0 Å². The van der Waals surface area contributed by atoms with E-state index in [0.29, 0.717) is 6.04 Å². The molecule has 11 heavy (non-hydrogen) atoms. The maximum Gasteiger partial charge on any atom is 0.0622 e. The van der Waals surface area contributed by atoms with Gasteiger partial charge in [0.15, 0.2) is 0 Å². The van der Waals surface area contributed by atoms with Crippen molar-refractivity contribution in [3.63, 3.8) is 0 Å². The van der Waals surface area contributed by atoms with Crippen LogP contribution in [0.25, 0.3) is 0 Å². The van der Waals surface area contributed by atoms with Crippen LogP contribution in [0.2, 0.25) is 0 Å². The van der Waals surface area contributed by atoms with Gasteiger partial charge in [0.1, 0.15) is 0 Å². The van der Waals surface area contributed by atoms with Crippen molar-refractivity contribution in [2.75, 3.05) is 19.8 Å². The van der Waals surface area contributed by atoms with E-state index in [0.717, 1.165) is 19.3 Å². The summed E-state index contributed by atoms with van der Waals surface area (Å²) in [4.78, 5) is 2.62. The van der Waals surface area contributed by atoms with Crippen molar-refractivity contribution in [2.24, 2.45) is 0 Å². The van der Waals surface area contributed by atoms with Crippen LogP contribution in [0, 0.1) is 0 Å². The Morgan fingerprint density at radius 3 is 3.00 bits per heavy atom. The first kappa shape index (κ1) is 7.56. The number of rotatable bonds is 0. The van der Waals surface area contributed by atoms with Gasteiger partial charge >= 0.3 is 0 Å². The van der Waals surface area contributed by atoms with Crippen LogP contribution in [-0.4, -0.2) is 36.7 Å². The Labute approximate surface area is 68.5 Å². The quantitative estimate of drug-likeness (QED) is 0.522. The molecule has 2 heteroatoms. The highest BCUT2D eigenvalue weighted by atomic mass is 16.5. The summed E-state index contributed by atoms with van der Waals surface area (Å²) in [5, 5.41) is 0. The predicted molar refractivity (Wildman–Crippen MR) is 44.6 cm³/mol. The van der Waals surface area contributed by atoms with E-state index < -0.39 is 0 Å². The topological polar surface area (TPSA) is 12.5 Å². The SMILES string of the molecule is C[C@H]1COC[C@H]2CCCCN21. The Morgan fingerprint density at radius 2 is 2.18 bits per heavy atom. The number of fused-ring (bicyclic) bond motifs is 1. The van der Waals surface area contributed by atoms with Crippen LogP contribution in [-0.2, 0) is 4.74 Å². The third-order valence-corrected chi connectivity index (χ3v) is 2.91. The average Bonchev–Trinajstić information content (AvgIpc) is 2.06. The second-order valence-electron chi connectivity index (χ2n) is 3.77. The van der Waals surface area contributed by atoms with Gasteiger partial charge in [0.2, 0.25) is 0 Å². The van der Waals surface area contributed by atoms with Crippen molar-refractivity contribution < 1.29 is 4.74 Å². The van der Waals surface area contributed by atoms with Crippen molar-refractivity contribution in [1.82, 2.24) is 4.90 Å². The first-order valence-electron chi connectivity index (χ1n) is 4.71. The summed E-state index contributed by atoms with van der Waals surface area (Å²) in [6.07, 6.45) is 4.14. The molecule has 2 aliphatic heterocycles. The van der Waals surface area contributed by atoms with E-state index in [1.165, 1.54) is 25.8 Å². The van der Waals surface area contributed by atoms with E-state index in [2.05, 4.69) is 11.8 Å². The fourth-order valence-corrected chi connectivity index (χ4v) is 2.25. The van der Waals surface area contributed by atoms with Gasteiger partial charge in [-0.3, -0.25) is 4.90 Å². The molecular weight excluding hydrogens is 138 g/mol. The highest BCUT2D eigenvalue weighted by molar-refractivity contribution is 4.83. The number of ether oxygens (including phenoxy) is 1. The van der Waals surface area contributed by atoms with Crippen LogP contribution in [0.3, 0.4) is 0 Å². The molecule has 0 radical (unpaired) electrons. The number of morpholine rings is 1. The van der Waals surface area contributed by atoms with Gasteiger partial charge in [-0.2, -0.15) is 0 Å². The smallest absolute Gasteiger partial charge is 0.0622 e. The summed E-state index contributed by atoms with van der Waals surface area (Å²) in [5.74, 6) is 0. The number of hydrogen-bond acceptors (Lipinski definition) is 2. The van der Waals surface area contributed by atoms with Gasteiger partial charge in [0.05, 0.1) is 13.2 Å². The zero-order chi connectivity index (χ0) is 7.68. The molecule has 2 nitrogen and oxygen atoms in total. The minimum Gasteiger partial charge on any atom is -0.378 e. The van der Waals surface area contributed by atoms with Gasteiger partial charge in [-0.05, 0) is 26.3 Å². The van der Waals surface area contributed by atoms with Crippen LogP contribution in [0.5, 0.6) is 0 Å². The van der Waals surface area contributed by atoms with Gasteiger partial charge < -0.3 is 4.74 Å². The monoisotopic (exact) mass is 155 g/mol. The molecule has 0 saturated carbocycles. The van der Waals surface area contributed by atoms with Crippen LogP contribution in [0.1, 0.15) is 26.2 Å². The Balaban J connectivity index is 1.99. The van der Waals surface area contributed by atoms with Crippen molar-refractivity contribution in [1.29, 1.82) is 0 Å². The summed E-state index contributed by atoms with van der Waals surface area (Å²) < 4.78 is 5.51. The lowest BCUT2D eigenvalue weighted by atomic mass is 9.99. The number of hydrogen-bond donors (Lipinski definition) is 0. The largest absolute Gasteiger partial charge is 0.378 e. The molecule has 2 rings (SSSR count). The standard InChI is InChI=1S/C9H17NO/c1-8-6-11-7-9-4-2-3-5-10(8)9/h8-9H,2-7H2,1H3/t8-,9+/m0/s1. The summed E-state index contributed by atoms with van der Waals surface area (Å²) in [6, 6.07) is 1.40. The Bertz CT molecular complexity index is 136. The molecule has 2 aliphatic rings. The third kappa shape index (κ3) is 1.42. The number of piperidine rings is 1. The molecule has 2 saturated heterocycles. The van der Waals surface area contributed by atoms with Crippen LogP contribution in [0.4, 0.5) is 0 Å². The van der Waals surface area contributed by atoms with E-state index in [-0.39, 0.29) is 0 Å². The maximum atomic E-state index is 5.51. The lowest BCUT2D eigenvalue weighted by molar-refractivity contribution is -0.0575. The summed E-state index contributed by atoms with van der Waals surface area (Å²) in [5.41, 5.74) is 0. The van der Waals surface area contributed by atoms with E-state index in [1.54, 1.807) is 0 Å². The Morgan fingerprint density at radius 1 is 1.27 bits per heavy atom. The maximum absolute atomic E-state index is 5.51. The highest BCUT2D eigenvalue weighted by Gasteiger charge is 2.29. The van der Waals surface area contributed by atoms with E-state index in [9.17, 15) is 0 Å². The minimum atomic E-state index is 0.661. The van der Waals surface area contributed by atoms with Gasteiger partial charge in [-0.25, -0.2) is 0 Å². The molecular formula is C9H17NO. The molecule has 0 aromatic rings. The summed E-state index contributed by atoms with van der Waals surface area (Å²) in [7, 11) is 0. The summed E-state index contributed by atoms with van der Waals surface area (Å²) in [6.45, 7) is 5.49. The molecule has 2 heterocycles. The molecule has 64 valence electrons. The normalized spacial score (nSPS) is 40.1.